The Labute approximate surface area is 315 Å². The molecule has 4 rings (SSSR count). The minimum Gasteiger partial charge on any atom is -0.367 e. The van der Waals surface area contributed by atoms with Gasteiger partial charge >= 0.3 is 0 Å². The molecule has 12 heteroatoms. The third kappa shape index (κ3) is 9.17. The summed E-state index contributed by atoms with van der Waals surface area (Å²) in [7, 11) is 4.13. The quantitative estimate of drug-likeness (QED) is 0.0916. The van der Waals surface area contributed by atoms with Crippen molar-refractivity contribution >= 4 is 68.5 Å². The number of amides is 4. The summed E-state index contributed by atoms with van der Waals surface area (Å²) in [6.45, 7) is 9.74. The van der Waals surface area contributed by atoms with Crippen LogP contribution in [0.25, 0.3) is 12.2 Å². The summed E-state index contributed by atoms with van der Waals surface area (Å²) < 4.78 is 0. The Bertz CT molecular complexity index is 1760. The van der Waals surface area contributed by atoms with Crippen molar-refractivity contribution in [3.63, 3.8) is 0 Å². The van der Waals surface area contributed by atoms with E-state index in [4.69, 9.17) is 0 Å². The second-order valence-electron chi connectivity index (χ2n) is 13.2. The first-order chi connectivity index (χ1) is 25.0. The minimum atomic E-state index is -0.504. The standard InChI is InChI=1S/C40H48N6O4S2/c1-7-9-21-45-37(47)31(27(3)33(25-41)39(45)49)23-29-15-17-35(51-29)43(5)19-13-11-12-14-20-44(6)36-18-16-30(52-36)24-32-28(4)34(26-42)40(50)46(38(32)48)22-10-8-2/h15-18,23-24H,7-14,19-22H2,1-6H3/b31-23+,32-24+. The number of nitriles is 2. The van der Waals surface area contributed by atoms with Crippen LogP contribution in [0.2, 0.25) is 0 Å². The summed E-state index contributed by atoms with van der Waals surface area (Å²) in [4.78, 5) is 60.6. The van der Waals surface area contributed by atoms with Crippen LogP contribution in [0.5, 0.6) is 0 Å². The van der Waals surface area contributed by atoms with E-state index in [1.54, 1.807) is 48.7 Å². The van der Waals surface area contributed by atoms with Gasteiger partial charge in [-0.05, 0) is 87.1 Å². The highest BCUT2D eigenvalue weighted by Gasteiger charge is 2.36. The number of carbonyl (C=O) groups excluding carboxylic acids is 4. The summed E-state index contributed by atoms with van der Waals surface area (Å²) in [6, 6.07) is 12.0. The number of rotatable bonds is 17. The fourth-order valence-corrected chi connectivity index (χ4v) is 7.98. The Morgan fingerprint density at radius 1 is 0.615 bits per heavy atom. The lowest BCUT2D eigenvalue weighted by Crippen LogP contribution is -2.43. The van der Waals surface area contributed by atoms with E-state index in [2.05, 4.69) is 23.9 Å². The SMILES string of the molecule is CCCCN1C(=O)C(C#N)=C(C)/C(=C\c2ccc(N(C)CCCCCCN(C)c3ccc(/C=C4/C(=O)N(CCCC)C(=O)C(C#N)=C4C)s3)s2)C1=O. The third-order valence-corrected chi connectivity index (χ3v) is 11.7. The molecule has 2 aliphatic heterocycles. The molecule has 10 nitrogen and oxygen atoms in total. The number of nitrogens with zero attached hydrogens (tertiary/aromatic N) is 6. The van der Waals surface area contributed by atoms with E-state index in [0.29, 0.717) is 48.2 Å². The molecule has 4 heterocycles. The van der Waals surface area contributed by atoms with Crippen LogP contribution < -0.4 is 9.80 Å². The van der Waals surface area contributed by atoms with E-state index in [1.807, 2.05) is 50.3 Å². The van der Waals surface area contributed by atoms with Gasteiger partial charge in [0.2, 0.25) is 0 Å². The molecule has 2 aromatic heterocycles. The topological polar surface area (TPSA) is 129 Å². The Hall–Kier alpha value is -4.78. The second-order valence-corrected chi connectivity index (χ2v) is 15.4. The molecule has 4 amide bonds. The van der Waals surface area contributed by atoms with Crippen molar-refractivity contribution in [2.24, 2.45) is 0 Å². The molecular weight excluding hydrogens is 693 g/mol. The Balaban J connectivity index is 1.27. The largest absolute Gasteiger partial charge is 0.367 e. The number of hydrogen-bond donors (Lipinski definition) is 0. The van der Waals surface area contributed by atoms with Crippen molar-refractivity contribution in [3.8, 4) is 12.1 Å². The van der Waals surface area contributed by atoms with Gasteiger partial charge in [0.05, 0.1) is 10.0 Å². The summed E-state index contributed by atoms with van der Waals surface area (Å²) in [5.41, 5.74) is 1.73. The molecule has 0 radical (unpaired) electrons. The molecule has 0 spiro atoms. The molecule has 0 saturated carbocycles. The molecule has 0 aliphatic carbocycles. The van der Waals surface area contributed by atoms with Crippen LogP contribution in [0.3, 0.4) is 0 Å². The summed E-state index contributed by atoms with van der Waals surface area (Å²) in [5.74, 6) is -1.69. The lowest BCUT2D eigenvalue weighted by molar-refractivity contribution is -0.142. The molecule has 2 aliphatic rings. The number of unbranched alkanes of at least 4 members (excludes halogenated alkanes) is 5. The predicted molar refractivity (Wildman–Crippen MR) is 209 cm³/mol. The van der Waals surface area contributed by atoms with E-state index in [-0.39, 0.29) is 23.0 Å². The van der Waals surface area contributed by atoms with Crippen LogP contribution in [0, 0.1) is 22.7 Å². The van der Waals surface area contributed by atoms with E-state index >= 15 is 0 Å². The highest BCUT2D eigenvalue weighted by atomic mass is 32.1. The molecule has 0 fully saturated rings. The first-order valence-corrected chi connectivity index (χ1v) is 19.6. The summed E-state index contributed by atoms with van der Waals surface area (Å²) in [6.07, 6.45) is 10.9. The Morgan fingerprint density at radius 2 is 1.00 bits per heavy atom. The molecule has 0 bridgehead atoms. The zero-order chi connectivity index (χ0) is 37.9. The molecule has 2 aromatic rings. The van der Waals surface area contributed by atoms with Crippen molar-refractivity contribution in [1.82, 2.24) is 9.80 Å². The van der Waals surface area contributed by atoms with Gasteiger partial charge in [-0.15, -0.1) is 22.7 Å². The number of thiophene rings is 2. The average molecular weight is 741 g/mol. The van der Waals surface area contributed by atoms with Crippen LogP contribution in [-0.2, 0) is 19.2 Å². The van der Waals surface area contributed by atoms with Crippen LogP contribution in [0.4, 0.5) is 10.0 Å². The van der Waals surface area contributed by atoms with Gasteiger partial charge in [0.25, 0.3) is 23.6 Å². The normalized spacial score (nSPS) is 16.8. The lowest BCUT2D eigenvalue weighted by Gasteiger charge is -2.27. The Kier molecular flexibility index (Phi) is 14.3. The number of imide groups is 2. The van der Waals surface area contributed by atoms with Crippen LogP contribution in [-0.4, -0.2) is 73.7 Å². The van der Waals surface area contributed by atoms with Gasteiger partial charge in [0.1, 0.15) is 23.3 Å². The smallest absolute Gasteiger partial charge is 0.271 e. The molecule has 0 N–H and O–H groups in total. The van der Waals surface area contributed by atoms with Gasteiger partial charge in [-0.1, -0.05) is 39.5 Å². The van der Waals surface area contributed by atoms with Crippen molar-refractivity contribution in [2.45, 2.75) is 79.1 Å². The average Bonchev–Trinajstić information content (AvgIpc) is 3.80. The van der Waals surface area contributed by atoms with Gasteiger partial charge in [-0.25, -0.2) is 0 Å². The maximum Gasteiger partial charge on any atom is 0.271 e. The fourth-order valence-electron chi connectivity index (χ4n) is 6.10. The minimum absolute atomic E-state index is 0.0322. The molecule has 0 aromatic carbocycles. The third-order valence-electron chi connectivity index (χ3n) is 9.41. The van der Waals surface area contributed by atoms with Gasteiger partial charge in [0, 0.05) is 61.2 Å². The maximum atomic E-state index is 13.2. The first-order valence-electron chi connectivity index (χ1n) is 18.0. The molecule has 52 heavy (non-hydrogen) atoms. The molecule has 0 unspecified atom stereocenters. The molecular formula is C40H48N6O4S2. The van der Waals surface area contributed by atoms with Gasteiger partial charge in [0.15, 0.2) is 0 Å². The highest BCUT2D eigenvalue weighted by Crippen LogP contribution is 2.33. The molecule has 0 saturated heterocycles. The fraction of sp³-hybridized carbons (Fsp3) is 0.450. The van der Waals surface area contributed by atoms with Gasteiger partial charge in [-0.2, -0.15) is 10.5 Å². The Morgan fingerprint density at radius 3 is 1.35 bits per heavy atom. The molecule has 0 atom stereocenters. The van der Waals surface area contributed by atoms with Crippen molar-refractivity contribution in [3.05, 3.63) is 67.5 Å². The zero-order valence-electron chi connectivity index (χ0n) is 31.1. The van der Waals surface area contributed by atoms with E-state index in [0.717, 1.165) is 71.4 Å². The van der Waals surface area contributed by atoms with Crippen LogP contribution in [0.1, 0.15) is 88.8 Å². The van der Waals surface area contributed by atoms with Gasteiger partial charge in [-0.3, -0.25) is 29.0 Å². The molecule has 274 valence electrons. The lowest BCUT2D eigenvalue weighted by atomic mass is 9.94. The number of carbonyl (C=O) groups is 4. The van der Waals surface area contributed by atoms with E-state index in [1.165, 1.54) is 9.80 Å². The van der Waals surface area contributed by atoms with Gasteiger partial charge < -0.3 is 9.80 Å². The maximum absolute atomic E-state index is 13.2. The second kappa shape index (κ2) is 18.6. The summed E-state index contributed by atoms with van der Waals surface area (Å²) in [5, 5.41) is 21.4. The van der Waals surface area contributed by atoms with Crippen molar-refractivity contribution < 1.29 is 19.2 Å². The zero-order valence-corrected chi connectivity index (χ0v) is 32.7. The summed E-state index contributed by atoms with van der Waals surface area (Å²) >= 11 is 3.16. The van der Waals surface area contributed by atoms with Crippen LogP contribution >= 0.6 is 22.7 Å². The monoisotopic (exact) mass is 740 g/mol. The van der Waals surface area contributed by atoms with Crippen LogP contribution in [0.15, 0.2) is 57.7 Å². The number of anilines is 2. The van der Waals surface area contributed by atoms with E-state index < -0.39 is 11.8 Å². The highest BCUT2D eigenvalue weighted by molar-refractivity contribution is 7.17. The number of hydrogen-bond acceptors (Lipinski definition) is 10. The van der Waals surface area contributed by atoms with Crippen molar-refractivity contribution in [2.75, 3.05) is 50.1 Å². The first kappa shape index (κ1) is 40.0. The van der Waals surface area contributed by atoms with Crippen molar-refractivity contribution in [1.29, 1.82) is 10.5 Å². The predicted octanol–water partition coefficient (Wildman–Crippen LogP) is 7.73. The van der Waals surface area contributed by atoms with E-state index in [9.17, 15) is 29.7 Å².